The van der Waals surface area contributed by atoms with Crippen molar-refractivity contribution in [2.45, 2.75) is 38.7 Å². The quantitative estimate of drug-likeness (QED) is 0.614. The van der Waals surface area contributed by atoms with Crippen molar-refractivity contribution in [2.75, 3.05) is 19.6 Å². The fourth-order valence-electron chi connectivity index (χ4n) is 5.00. The molecule has 1 saturated heterocycles. The van der Waals surface area contributed by atoms with Crippen LogP contribution in [0.25, 0.3) is 0 Å². The van der Waals surface area contributed by atoms with Gasteiger partial charge in [-0.05, 0) is 42.3 Å². The fraction of sp³-hybridized carbons (Fsp3) is 0.385. The van der Waals surface area contributed by atoms with E-state index in [0.29, 0.717) is 59.9 Å². The van der Waals surface area contributed by atoms with Crippen molar-refractivity contribution < 1.29 is 23.9 Å². The molecule has 0 radical (unpaired) electrons. The Morgan fingerprint density at radius 1 is 1.00 bits per heavy atom. The van der Waals surface area contributed by atoms with Gasteiger partial charge in [0.15, 0.2) is 5.78 Å². The first-order chi connectivity index (χ1) is 16.2. The highest BCUT2D eigenvalue weighted by Crippen LogP contribution is 2.40. The summed E-state index contributed by atoms with van der Waals surface area (Å²) in [5.74, 6) is -0.178. The first kappa shape index (κ1) is 22.6. The van der Waals surface area contributed by atoms with Crippen LogP contribution in [0.15, 0.2) is 36.4 Å². The minimum Gasteiger partial charge on any atom is -0.486 e. The minimum atomic E-state index is -0.633. The van der Waals surface area contributed by atoms with Crippen LogP contribution < -0.4 is 4.74 Å². The third-order valence-corrected chi connectivity index (χ3v) is 7.01. The number of piperidine rings is 1. The SMILES string of the molecule is CC(C)CN1C(=O)c2ccc(C(=O)N3CCC4(CC3)CC(=O)c3cc(Cl)ccc3O4)cc2C1=O. The number of likely N-dealkylation sites (tertiary alicyclic amines) is 1. The van der Waals surface area contributed by atoms with Gasteiger partial charge in [-0.3, -0.25) is 24.1 Å². The van der Waals surface area contributed by atoms with Gasteiger partial charge in [0.2, 0.25) is 0 Å². The molecule has 5 rings (SSSR count). The Bertz CT molecular complexity index is 1230. The van der Waals surface area contributed by atoms with E-state index in [1.165, 1.54) is 11.0 Å². The van der Waals surface area contributed by atoms with Gasteiger partial charge in [0.25, 0.3) is 17.7 Å². The highest BCUT2D eigenvalue weighted by Gasteiger charge is 2.44. The van der Waals surface area contributed by atoms with Crippen LogP contribution in [-0.4, -0.2) is 58.5 Å². The van der Waals surface area contributed by atoms with Crippen LogP contribution in [0.3, 0.4) is 0 Å². The van der Waals surface area contributed by atoms with E-state index in [1.807, 2.05) is 13.8 Å². The van der Waals surface area contributed by atoms with Crippen molar-refractivity contribution in [3.8, 4) is 5.75 Å². The number of amides is 3. The summed E-state index contributed by atoms with van der Waals surface area (Å²) in [6.45, 7) is 5.09. The van der Waals surface area contributed by atoms with Crippen molar-refractivity contribution in [1.29, 1.82) is 0 Å². The minimum absolute atomic E-state index is 0.00344. The summed E-state index contributed by atoms with van der Waals surface area (Å²) in [6, 6.07) is 9.76. The Balaban J connectivity index is 1.30. The molecule has 3 amide bonds. The molecule has 1 fully saturated rings. The van der Waals surface area contributed by atoms with Gasteiger partial charge in [0, 0.05) is 43.1 Å². The third kappa shape index (κ3) is 3.78. The van der Waals surface area contributed by atoms with Crippen LogP contribution in [0.2, 0.25) is 5.02 Å². The van der Waals surface area contributed by atoms with Gasteiger partial charge in [-0.25, -0.2) is 0 Å². The summed E-state index contributed by atoms with van der Waals surface area (Å²) in [5, 5.41) is 0.494. The van der Waals surface area contributed by atoms with E-state index >= 15 is 0 Å². The number of benzene rings is 2. The number of ether oxygens (including phenoxy) is 1. The Morgan fingerprint density at radius 2 is 1.71 bits per heavy atom. The maximum absolute atomic E-state index is 13.2. The summed E-state index contributed by atoms with van der Waals surface area (Å²) in [7, 11) is 0. The van der Waals surface area contributed by atoms with E-state index in [1.54, 1.807) is 35.2 Å². The van der Waals surface area contributed by atoms with Crippen LogP contribution in [0.5, 0.6) is 5.75 Å². The molecule has 2 aromatic rings. The molecule has 0 N–H and O–H groups in total. The molecule has 0 bridgehead atoms. The summed E-state index contributed by atoms with van der Waals surface area (Å²) in [6.07, 6.45) is 1.30. The number of carbonyl (C=O) groups excluding carboxylic acids is 4. The summed E-state index contributed by atoms with van der Waals surface area (Å²) < 4.78 is 6.24. The third-order valence-electron chi connectivity index (χ3n) is 6.78. The number of ketones is 1. The zero-order valence-corrected chi connectivity index (χ0v) is 19.9. The lowest BCUT2D eigenvalue weighted by Crippen LogP contribution is -2.52. The molecule has 0 aromatic heterocycles. The fourth-order valence-corrected chi connectivity index (χ4v) is 5.17. The summed E-state index contributed by atoms with van der Waals surface area (Å²) in [4.78, 5) is 54.3. The normalized spacial score (nSPS) is 18.9. The highest BCUT2D eigenvalue weighted by atomic mass is 35.5. The molecule has 0 unspecified atom stereocenters. The van der Waals surface area contributed by atoms with Crippen molar-refractivity contribution in [3.63, 3.8) is 0 Å². The molecule has 3 aliphatic heterocycles. The second-order valence-corrected chi connectivity index (χ2v) is 10.1. The number of rotatable bonds is 3. The molecular formula is C26H25ClN2O5. The number of carbonyl (C=O) groups is 4. The predicted molar refractivity (Wildman–Crippen MR) is 126 cm³/mol. The standard InChI is InChI=1S/C26H25ClN2O5/c1-15(2)14-29-24(32)18-5-3-16(11-19(18)25(29)33)23(31)28-9-7-26(8-10-28)13-21(30)20-12-17(27)4-6-22(20)34-26/h3-6,11-12,15H,7-10,13-14H2,1-2H3. The molecular weight excluding hydrogens is 456 g/mol. The lowest BCUT2D eigenvalue weighted by molar-refractivity contribution is -0.00572. The van der Waals surface area contributed by atoms with Crippen LogP contribution in [0.4, 0.5) is 0 Å². The van der Waals surface area contributed by atoms with E-state index in [9.17, 15) is 19.2 Å². The van der Waals surface area contributed by atoms with Crippen molar-refractivity contribution >= 4 is 35.1 Å². The Kier molecular flexibility index (Phi) is 5.47. The van der Waals surface area contributed by atoms with Crippen LogP contribution in [0, 0.1) is 5.92 Å². The molecule has 3 aliphatic rings. The number of hydrogen-bond acceptors (Lipinski definition) is 5. The zero-order valence-electron chi connectivity index (χ0n) is 19.1. The summed E-state index contributed by atoms with van der Waals surface area (Å²) >= 11 is 6.02. The average molecular weight is 481 g/mol. The van der Waals surface area contributed by atoms with Crippen molar-refractivity contribution in [2.24, 2.45) is 5.92 Å². The van der Waals surface area contributed by atoms with Crippen molar-refractivity contribution in [1.82, 2.24) is 9.80 Å². The number of nitrogens with zero attached hydrogens (tertiary/aromatic N) is 2. The van der Waals surface area contributed by atoms with E-state index < -0.39 is 5.60 Å². The number of Topliss-reactive ketones (excluding diaryl/α,β-unsaturated/α-hetero) is 1. The van der Waals surface area contributed by atoms with Gasteiger partial charge in [-0.15, -0.1) is 0 Å². The van der Waals surface area contributed by atoms with Crippen molar-refractivity contribution in [3.05, 3.63) is 63.7 Å². The Hall–Kier alpha value is -3.19. The first-order valence-corrected chi connectivity index (χ1v) is 11.9. The van der Waals surface area contributed by atoms with Gasteiger partial charge < -0.3 is 9.64 Å². The molecule has 8 heteroatoms. The smallest absolute Gasteiger partial charge is 0.261 e. The Labute approximate surface area is 202 Å². The second kappa shape index (κ2) is 8.24. The molecule has 0 atom stereocenters. The average Bonchev–Trinajstić information content (AvgIpc) is 3.04. The van der Waals surface area contributed by atoms with Crippen LogP contribution in [-0.2, 0) is 0 Å². The predicted octanol–water partition coefficient (Wildman–Crippen LogP) is 4.23. The van der Waals surface area contributed by atoms with Gasteiger partial charge >= 0.3 is 0 Å². The molecule has 0 aliphatic carbocycles. The van der Waals surface area contributed by atoms with E-state index in [4.69, 9.17) is 16.3 Å². The molecule has 34 heavy (non-hydrogen) atoms. The van der Waals surface area contributed by atoms with Gasteiger partial charge in [0.05, 0.1) is 23.1 Å². The molecule has 7 nitrogen and oxygen atoms in total. The van der Waals surface area contributed by atoms with E-state index in [-0.39, 0.29) is 41.4 Å². The van der Waals surface area contributed by atoms with Gasteiger partial charge in [-0.1, -0.05) is 25.4 Å². The van der Waals surface area contributed by atoms with Crippen LogP contribution in [0.1, 0.15) is 74.5 Å². The summed E-state index contributed by atoms with van der Waals surface area (Å²) in [5.41, 5.74) is 0.865. The number of halogens is 1. The van der Waals surface area contributed by atoms with E-state index in [2.05, 4.69) is 0 Å². The van der Waals surface area contributed by atoms with Gasteiger partial charge in [-0.2, -0.15) is 0 Å². The molecule has 2 aromatic carbocycles. The number of fused-ring (bicyclic) bond motifs is 2. The molecule has 176 valence electrons. The first-order valence-electron chi connectivity index (χ1n) is 11.5. The number of hydrogen-bond donors (Lipinski definition) is 0. The van der Waals surface area contributed by atoms with E-state index in [0.717, 1.165) is 0 Å². The lowest BCUT2D eigenvalue weighted by atomic mass is 9.82. The van der Waals surface area contributed by atoms with Crippen LogP contribution >= 0.6 is 11.6 Å². The topological polar surface area (TPSA) is 84.0 Å². The maximum Gasteiger partial charge on any atom is 0.261 e. The number of imide groups is 1. The molecule has 3 heterocycles. The highest BCUT2D eigenvalue weighted by molar-refractivity contribution is 6.31. The lowest BCUT2D eigenvalue weighted by Gasteiger charge is -2.44. The maximum atomic E-state index is 13.2. The monoisotopic (exact) mass is 480 g/mol. The van der Waals surface area contributed by atoms with Gasteiger partial charge in [0.1, 0.15) is 11.4 Å². The second-order valence-electron chi connectivity index (χ2n) is 9.69. The molecule has 1 spiro atoms. The molecule has 0 saturated carbocycles. The Morgan fingerprint density at radius 3 is 2.41 bits per heavy atom. The largest absolute Gasteiger partial charge is 0.486 e. The zero-order chi connectivity index (χ0) is 24.2.